The summed E-state index contributed by atoms with van der Waals surface area (Å²) in [6.07, 6.45) is -2.20. The summed E-state index contributed by atoms with van der Waals surface area (Å²) in [5, 5.41) is 8.92. The standard InChI is InChI=1S/C9H11F3N2O/c10-9(11,12)7-4-14-2-1-6(5-15)3-8(14)13-7/h4,6,15H,1-3,5H2. The first-order valence-electron chi connectivity index (χ1n) is 4.75. The zero-order valence-electron chi connectivity index (χ0n) is 7.96. The maximum absolute atomic E-state index is 12.3. The lowest BCUT2D eigenvalue weighted by Gasteiger charge is -2.20. The van der Waals surface area contributed by atoms with Gasteiger partial charge in [-0.1, -0.05) is 0 Å². The Morgan fingerprint density at radius 3 is 2.87 bits per heavy atom. The van der Waals surface area contributed by atoms with Gasteiger partial charge in [0.15, 0.2) is 5.69 Å². The van der Waals surface area contributed by atoms with Crippen LogP contribution in [0.1, 0.15) is 17.9 Å². The fraction of sp³-hybridized carbons (Fsp3) is 0.667. The molecule has 2 rings (SSSR count). The number of hydrogen-bond donors (Lipinski definition) is 1. The van der Waals surface area contributed by atoms with Crippen LogP contribution in [-0.4, -0.2) is 21.3 Å². The number of aliphatic hydroxyl groups is 1. The quantitative estimate of drug-likeness (QED) is 0.778. The van der Waals surface area contributed by atoms with Gasteiger partial charge in [0.25, 0.3) is 0 Å². The van der Waals surface area contributed by atoms with Crippen LogP contribution in [0.15, 0.2) is 6.20 Å². The SMILES string of the molecule is OCC1CCn2cc(C(F)(F)F)nc2C1. The van der Waals surface area contributed by atoms with Gasteiger partial charge in [-0.25, -0.2) is 4.98 Å². The average molecular weight is 220 g/mol. The maximum Gasteiger partial charge on any atom is 0.434 e. The molecule has 1 aromatic rings. The predicted molar refractivity (Wildman–Crippen MR) is 46.1 cm³/mol. The molecule has 1 aliphatic rings. The summed E-state index contributed by atoms with van der Waals surface area (Å²) < 4.78 is 38.5. The fourth-order valence-corrected chi connectivity index (χ4v) is 1.79. The Morgan fingerprint density at radius 2 is 2.27 bits per heavy atom. The molecular formula is C9H11F3N2O. The van der Waals surface area contributed by atoms with Crippen molar-refractivity contribution < 1.29 is 18.3 Å². The molecule has 0 fully saturated rings. The zero-order valence-corrected chi connectivity index (χ0v) is 7.96. The summed E-state index contributed by atoms with van der Waals surface area (Å²) in [4.78, 5) is 3.55. The minimum absolute atomic E-state index is 0.00815. The molecule has 1 aliphatic heterocycles. The van der Waals surface area contributed by atoms with Gasteiger partial charge in [0, 0.05) is 25.8 Å². The van der Waals surface area contributed by atoms with Crippen molar-refractivity contribution in [1.82, 2.24) is 9.55 Å². The molecular weight excluding hydrogens is 209 g/mol. The lowest BCUT2D eigenvalue weighted by Crippen LogP contribution is -2.21. The summed E-state index contributed by atoms with van der Waals surface area (Å²) in [5.41, 5.74) is -0.837. The fourth-order valence-electron chi connectivity index (χ4n) is 1.79. The third-order valence-corrected chi connectivity index (χ3v) is 2.66. The molecule has 0 saturated heterocycles. The number of alkyl halides is 3. The Balaban J connectivity index is 2.26. The Bertz CT molecular complexity index is 359. The highest BCUT2D eigenvalue weighted by atomic mass is 19.4. The molecule has 0 spiro atoms. The van der Waals surface area contributed by atoms with Crippen molar-refractivity contribution in [2.24, 2.45) is 5.92 Å². The minimum Gasteiger partial charge on any atom is -0.396 e. The van der Waals surface area contributed by atoms with E-state index in [4.69, 9.17) is 5.11 Å². The second kappa shape index (κ2) is 3.52. The molecule has 0 bridgehead atoms. The summed E-state index contributed by atoms with van der Waals surface area (Å²) >= 11 is 0. The number of aliphatic hydroxyl groups excluding tert-OH is 1. The molecule has 0 aliphatic carbocycles. The molecule has 3 nitrogen and oxygen atoms in total. The topological polar surface area (TPSA) is 38.0 Å². The molecule has 1 N–H and O–H groups in total. The molecule has 0 radical (unpaired) electrons. The van der Waals surface area contributed by atoms with E-state index in [1.165, 1.54) is 4.57 Å². The molecule has 84 valence electrons. The van der Waals surface area contributed by atoms with E-state index >= 15 is 0 Å². The third-order valence-electron chi connectivity index (χ3n) is 2.66. The van der Waals surface area contributed by atoms with E-state index in [0.717, 1.165) is 6.20 Å². The Hall–Kier alpha value is -1.04. The van der Waals surface area contributed by atoms with E-state index in [1.807, 2.05) is 0 Å². The second-order valence-corrected chi connectivity index (χ2v) is 3.77. The van der Waals surface area contributed by atoms with Crippen LogP contribution >= 0.6 is 0 Å². The summed E-state index contributed by atoms with van der Waals surface area (Å²) in [6.45, 7) is 0.512. The summed E-state index contributed by atoms with van der Waals surface area (Å²) in [6, 6.07) is 0. The van der Waals surface area contributed by atoms with Crippen LogP contribution in [0.5, 0.6) is 0 Å². The van der Waals surface area contributed by atoms with Gasteiger partial charge in [-0.2, -0.15) is 13.2 Å². The molecule has 1 aromatic heterocycles. The highest BCUT2D eigenvalue weighted by Gasteiger charge is 2.35. The summed E-state index contributed by atoms with van der Waals surface area (Å²) in [7, 11) is 0. The van der Waals surface area contributed by atoms with Gasteiger partial charge >= 0.3 is 6.18 Å². The molecule has 0 amide bonds. The number of halogens is 3. The largest absolute Gasteiger partial charge is 0.434 e. The molecule has 0 saturated carbocycles. The predicted octanol–water partition coefficient (Wildman–Crippen LogP) is 1.46. The molecule has 0 aromatic carbocycles. The van der Waals surface area contributed by atoms with E-state index in [1.54, 1.807) is 0 Å². The zero-order chi connectivity index (χ0) is 11.1. The molecule has 2 heterocycles. The Morgan fingerprint density at radius 1 is 1.53 bits per heavy atom. The Kier molecular flexibility index (Phi) is 2.46. The number of imidazole rings is 1. The van der Waals surface area contributed by atoms with E-state index in [2.05, 4.69) is 4.98 Å². The third kappa shape index (κ3) is 1.99. The van der Waals surface area contributed by atoms with Gasteiger partial charge in [0.05, 0.1) is 0 Å². The second-order valence-electron chi connectivity index (χ2n) is 3.77. The highest BCUT2D eigenvalue weighted by molar-refractivity contribution is 5.09. The van der Waals surface area contributed by atoms with E-state index in [-0.39, 0.29) is 12.5 Å². The van der Waals surface area contributed by atoms with Crippen LogP contribution in [-0.2, 0) is 19.1 Å². The monoisotopic (exact) mass is 220 g/mol. The van der Waals surface area contributed by atoms with E-state index in [9.17, 15) is 13.2 Å². The minimum atomic E-state index is -4.38. The Labute approximate surface area is 84.5 Å². The number of fused-ring (bicyclic) bond motifs is 1. The number of aryl methyl sites for hydroxylation is 1. The number of rotatable bonds is 1. The maximum atomic E-state index is 12.3. The van der Waals surface area contributed by atoms with Gasteiger partial charge in [0.1, 0.15) is 5.82 Å². The van der Waals surface area contributed by atoms with Crippen molar-refractivity contribution in [1.29, 1.82) is 0 Å². The van der Waals surface area contributed by atoms with Crippen LogP contribution in [0.2, 0.25) is 0 Å². The van der Waals surface area contributed by atoms with Gasteiger partial charge in [0.2, 0.25) is 0 Å². The van der Waals surface area contributed by atoms with Crippen LogP contribution in [0.25, 0.3) is 0 Å². The lowest BCUT2D eigenvalue weighted by atomic mass is 9.99. The van der Waals surface area contributed by atoms with Crippen molar-refractivity contribution in [3.05, 3.63) is 17.7 Å². The number of nitrogens with zero attached hydrogens (tertiary/aromatic N) is 2. The van der Waals surface area contributed by atoms with Crippen molar-refractivity contribution in [2.45, 2.75) is 25.6 Å². The first-order valence-corrected chi connectivity index (χ1v) is 4.75. The lowest BCUT2D eigenvalue weighted by molar-refractivity contribution is -0.141. The van der Waals surface area contributed by atoms with Crippen LogP contribution in [0.3, 0.4) is 0 Å². The van der Waals surface area contributed by atoms with Gasteiger partial charge in [-0.05, 0) is 12.3 Å². The van der Waals surface area contributed by atoms with Gasteiger partial charge in [-0.3, -0.25) is 0 Å². The smallest absolute Gasteiger partial charge is 0.396 e. The first-order chi connectivity index (χ1) is 7.00. The average Bonchev–Trinajstić information content (AvgIpc) is 2.59. The number of aromatic nitrogens is 2. The van der Waals surface area contributed by atoms with Crippen molar-refractivity contribution >= 4 is 0 Å². The number of hydrogen-bond acceptors (Lipinski definition) is 2. The normalized spacial score (nSPS) is 21.5. The van der Waals surface area contributed by atoms with Crippen LogP contribution in [0.4, 0.5) is 13.2 Å². The molecule has 1 unspecified atom stereocenters. The van der Waals surface area contributed by atoms with Crippen LogP contribution < -0.4 is 0 Å². The van der Waals surface area contributed by atoms with Gasteiger partial charge < -0.3 is 9.67 Å². The first kappa shape index (κ1) is 10.5. The summed E-state index contributed by atoms with van der Waals surface area (Å²) in [5.74, 6) is 0.466. The molecule has 1 atom stereocenters. The van der Waals surface area contributed by atoms with Gasteiger partial charge in [-0.15, -0.1) is 0 Å². The van der Waals surface area contributed by atoms with E-state index in [0.29, 0.717) is 25.2 Å². The van der Waals surface area contributed by atoms with Crippen molar-refractivity contribution in [2.75, 3.05) is 6.61 Å². The van der Waals surface area contributed by atoms with Crippen molar-refractivity contribution in [3.63, 3.8) is 0 Å². The molecule has 6 heteroatoms. The highest BCUT2D eigenvalue weighted by Crippen LogP contribution is 2.30. The molecule has 15 heavy (non-hydrogen) atoms. The van der Waals surface area contributed by atoms with E-state index < -0.39 is 11.9 Å². The van der Waals surface area contributed by atoms with Crippen LogP contribution in [0, 0.1) is 5.92 Å². The van der Waals surface area contributed by atoms with Crippen molar-refractivity contribution in [3.8, 4) is 0 Å².